The van der Waals surface area contributed by atoms with Crippen LogP contribution in [0.15, 0.2) is 42.5 Å². The van der Waals surface area contributed by atoms with Gasteiger partial charge in [-0.3, -0.25) is 9.59 Å². The number of carbonyl (C=O) groups excluding carboxylic acids is 2. The Morgan fingerprint density at radius 2 is 1.73 bits per heavy atom. The minimum atomic E-state index is -0.748. The average Bonchev–Trinajstić information content (AvgIpc) is 2.66. The first-order valence-corrected chi connectivity index (χ1v) is 8.72. The lowest BCUT2D eigenvalue weighted by molar-refractivity contribution is -0.132. The Labute approximate surface area is 157 Å². The predicted molar refractivity (Wildman–Crippen MR) is 103 cm³/mol. The summed E-state index contributed by atoms with van der Waals surface area (Å²) in [4.78, 5) is 26.6. The minimum Gasteiger partial charge on any atom is -0.378 e. The van der Waals surface area contributed by atoms with Gasteiger partial charge in [-0.15, -0.1) is 0 Å². The summed E-state index contributed by atoms with van der Waals surface area (Å²) in [6.07, 6.45) is 0. The lowest BCUT2D eigenvalue weighted by Gasteiger charge is -2.30. The summed E-state index contributed by atoms with van der Waals surface area (Å²) in [6.45, 7) is 4.61. The third-order valence-corrected chi connectivity index (χ3v) is 4.55. The first kappa shape index (κ1) is 18.2. The van der Waals surface area contributed by atoms with E-state index < -0.39 is 11.8 Å². The van der Waals surface area contributed by atoms with Crippen LogP contribution in [-0.2, 0) is 14.3 Å². The Morgan fingerprint density at radius 3 is 2.46 bits per heavy atom. The van der Waals surface area contributed by atoms with Gasteiger partial charge in [-0.2, -0.15) is 0 Å². The van der Waals surface area contributed by atoms with Gasteiger partial charge in [0.25, 0.3) is 0 Å². The molecule has 0 aliphatic carbocycles. The van der Waals surface area contributed by atoms with Crippen LogP contribution >= 0.6 is 11.6 Å². The van der Waals surface area contributed by atoms with E-state index in [9.17, 15) is 9.59 Å². The van der Waals surface area contributed by atoms with Crippen LogP contribution in [0.5, 0.6) is 0 Å². The smallest absolute Gasteiger partial charge is 0.314 e. The van der Waals surface area contributed by atoms with Crippen LogP contribution in [0.4, 0.5) is 17.1 Å². The molecule has 136 valence electrons. The Hall–Kier alpha value is -2.57. The standard InChI is InChI=1S/C19H20ClN3O3/c1-13-6-7-14(12-15(13)20)21-18(24)19(25)22-16-4-2-3-5-17(16)23-8-10-26-11-9-23/h2-7,12H,8-11H2,1H3,(H,21,24)(H,22,25). The van der Waals surface area contributed by atoms with Gasteiger partial charge in [0.15, 0.2) is 0 Å². The summed E-state index contributed by atoms with van der Waals surface area (Å²) in [7, 11) is 0. The van der Waals surface area contributed by atoms with E-state index in [-0.39, 0.29) is 0 Å². The monoisotopic (exact) mass is 373 g/mol. The van der Waals surface area contributed by atoms with Crippen molar-refractivity contribution in [1.29, 1.82) is 0 Å². The van der Waals surface area contributed by atoms with Crippen molar-refractivity contribution in [3.63, 3.8) is 0 Å². The number of carbonyl (C=O) groups is 2. The van der Waals surface area contributed by atoms with E-state index in [0.29, 0.717) is 29.6 Å². The highest BCUT2D eigenvalue weighted by atomic mass is 35.5. The molecule has 0 unspecified atom stereocenters. The molecular formula is C19H20ClN3O3. The highest BCUT2D eigenvalue weighted by molar-refractivity contribution is 6.44. The van der Waals surface area contributed by atoms with E-state index in [4.69, 9.17) is 16.3 Å². The van der Waals surface area contributed by atoms with Gasteiger partial charge < -0.3 is 20.3 Å². The van der Waals surface area contributed by atoms with Crippen LogP contribution in [0.25, 0.3) is 0 Å². The van der Waals surface area contributed by atoms with Crippen molar-refractivity contribution in [2.45, 2.75) is 6.92 Å². The number of anilines is 3. The van der Waals surface area contributed by atoms with Gasteiger partial charge >= 0.3 is 11.8 Å². The average molecular weight is 374 g/mol. The van der Waals surface area contributed by atoms with Gasteiger partial charge in [0.2, 0.25) is 0 Å². The van der Waals surface area contributed by atoms with Crippen molar-refractivity contribution < 1.29 is 14.3 Å². The molecule has 26 heavy (non-hydrogen) atoms. The Balaban J connectivity index is 1.69. The minimum absolute atomic E-state index is 0.474. The van der Waals surface area contributed by atoms with Crippen LogP contribution < -0.4 is 15.5 Å². The zero-order valence-electron chi connectivity index (χ0n) is 14.4. The number of aryl methyl sites for hydroxylation is 1. The molecule has 1 fully saturated rings. The Kier molecular flexibility index (Phi) is 5.75. The zero-order valence-corrected chi connectivity index (χ0v) is 15.2. The summed E-state index contributed by atoms with van der Waals surface area (Å²) >= 11 is 6.05. The lowest BCUT2D eigenvalue weighted by atomic mass is 10.2. The topological polar surface area (TPSA) is 70.7 Å². The molecule has 7 heteroatoms. The summed E-state index contributed by atoms with van der Waals surface area (Å²) < 4.78 is 5.36. The molecule has 2 N–H and O–H groups in total. The van der Waals surface area contributed by atoms with Crippen molar-refractivity contribution >= 4 is 40.5 Å². The van der Waals surface area contributed by atoms with Crippen LogP contribution in [0.1, 0.15) is 5.56 Å². The fourth-order valence-corrected chi connectivity index (χ4v) is 2.88. The number of nitrogens with zero attached hydrogens (tertiary/aromatic N) is 1. The number of amides is 2. The highest BCUT2D eigenvalue weighted by Gasteiger charge is 2.19. The second kappa shape index (κ2) is 8.21. The van der Waals surface area contributed by atoms with Gasteiger partial charge in [-0.05, 0) is 36.8 Å². The van der Waals surface area contributed by atoms with Gasteiger partial charge in [0.1, 0.15) is 0 Å². The molecule has 0 bridgehead atoms. The van der Waals surface area contributed by atoms with Crippen LogP contribution in [0.3, 0.4) is 0 Å². The maximum Gasteiger partial charge on any atom is 0.314 e. The van der Waals surface area contributed by atoms with E-state index >= 15 is 0 Å². The first-order valence-electron chi connectivity index (χ1n) is 8.35. The molecule has 2 aromatic carbocycles. The predicted octanol–water partition coefficient (Wildman–Crippen LogP) is 3.06. The summed E-state index contributed by atoms with van der Waals surface area (Å²) in [6, 6.07) is 12.5. The molecule has 1 aliphatic heterocycles. The van der Waals surface area contributed by atoms with Gasteiger partial charge in [0.05, 0.1) is 24.6 Å². The molecule has 1 heterocycles. The SMILES string of the molecule is Cc1ccc(NC(=O)C(=O)Nc2ccccc2N2CCOCC2)cc1Cl. The molecule has 6 nitrogen and oxygen atoms in total. The number of nitrogens with one attached hydrogen (secondary N) is 2. The van der Waals surface area contributed by atoms with Gasteiger partial charge in [-0.25, -0.2) is 0 Å². The van der Waals surface area contributed by atoms with E-state index in [2.05, 4.69) is 15.5 Å². The molecule has 1 saturated heterocycles. The van der Waals surface area contributed by atoms with Crippen LogP contribution in [-0.4, -0.2) is 38.1 Å². The number of halogens is 1. The first-order chi connectivity index (χ1) is 12.5. The van der Waals surface area contributed by atoms with Crippen molar-refractivity contribution in [1.82, 2.24) is 0 Å². The molecule has 3 rings (SSSR count). The molecule has 0 atom stereocenters. The van der Waals surface area contributed by atoms with E-state index in [1.807, 2.05) is 25.1 Å². The second-order valence-electron chi connectivity index (χ2n) is 5.99. The number of para-hydroxylation sites is 2. The summed E-state index contributed by atoms with van der Waals surface area (Å²) in [5.74, 6) is -1.48. The third kappa shape index (κ3) is 4.33. The Morgan fingerprint density at radius 1 is 1.04 bits per heavy atom. The second-order valence-corrected chi connectivity index (χ2v) is 6.40. The maximum absolute atomic E-state index is 12.3. The number of rotatable bonds is 3. The highest BCUT2D eigenvalue weighted by Crippen LogP contribution is 2.26. The zero-order chi connectivity index (χ0) is 18.5. The molecule has 2 aromatic rings. The summed E-state index contributed by atoms with van der Waals surface area (Å²) in [5, 5.41) is 5.78. The van der Waals surface area contributed by atoms with Crippen molar-refractivity contribution in [2.24, 2.45) is 0 Å². The number of hydrogen-bond acceptors (Lipinski definition) is 4. The van der Waals surface area contributed by atoms with E-state index in [1.165, 1.54) is 0 Å². The number of benzene rings is 2. The summed E-state index contributed by atoms with van der Waals surface area (Å²) in [5.41, 5.74) is 2.84. The number of hydrogen-bond donors (Lipinski definition) is 2. The third-order valence-electron chi connectivity index (χ3n) is 4.14. The fourth-order valence-electron chi connectivity index (χ4n) is 2.70. The largest absolute Gasteiger partial charge is 0.378 e. The maximum atomic E-state index is 12.3. The molecule has 0 spiro atoms. The van der Waals surface area contributed by atoms with Crippen molar-refractivity contribution in [3.8, 4) is 0 Å². The fraction of sp³-hybridized carbons (Fsp3) is 0.263. The normalized spacial score (nSPS) is 14.0. The van der Waals surface area contributed by atoms with Crippen LogP contribution in [0.2, 0.25) is 5.02 Å². The molecule has 0 aromatic heterocycles. The van der Waals surface area contributed by atoms with Gasteiger partial charge in [0, 0.05) is 23.8 Å². The van der Waals surface area contributed by atoms with E-state index in [0.717, 1.165) is 24.3 Å². The number of morpholine rings is 1. The quantitative estimate of drug-likeness (QED) is 0.811. The van der Waals surface area contributed by atoms with Gasteiger partial charge in [-0.1, -0.05) is 29.8 Å². The molecule has 0 radical (unpaired) electrons. The van der Waals surface area contributed by atoms with E-state index in [1.54, 1.807) is 24.3 Å². The molecule has 1 aliphatic rings. The Bertz CT molecular complexity index is 819. The lowest BCUT2D eigenvalue weighted by Crippen LogP contribution is -2.37. The molecule has 0 saturated carbocycles. The molecule has 2 amide bonds. The number of ether oxygens (including phenoxy) is 1. The molecular weight excluding hydrogens is 354 g/mol. The van der Waals surface area contributed by atoms with Crippen molar-refractivity contribution in [2.75, 3.05) is 41.8 Å². The van der Waals surface area contributed by atoms with Crippen LogP contribution in [0, 0.1) is 6.92 Å². The van der Waals surface area contributed by atoms with Crippen molar-refractivity contribution in [3.05, 3.63) is 53.1 Å².